The van der Waals surface area contributed by atoms with Crippen molar-refractivity contribution in [3.8, 4) is 0 Å². The summed E-state index contributed by atoms with van der Waals surface area (Å²) in [5.74, 6) is -0.976. The van der Waals surface area contributed by atoms with E-state index >= 15 is 0 Å². The molecule has 2 amide bonds. The molecule has 0 radical (unpaired) electrons. The summed E-state index contributed by atoms with van der Waals surface area (Å²) in [7, 11) is 1.52. The number of para-hydroxylation sites is 1. The molecule has 1 N–H and O–H groups in total. The molecule has 24 heavy (non-hydrogen) atoms. The number of anilines is 1. The van der Waals surface area contributed by atoms with Gasteiger partial charge >= 0.3 is 0 Å². The fourth-order valence-electron chi connectivity index (χ4n) is 2.38. The number of nitrogens with one attached hydrogen (secondary N) is 1. The van der Waals surface area contributed by atoms with Gasteiger partial charge in [-0.2, -0.15) is 0 Å². The number of carbonyl (C=O) groups is 2. The summed E-state index contributed by atoms with van der Waals surface area (Å²) >= 11 is 1.28. The van der Waals surface area contributed by atoms with E-state index in [4.69, 9.17) is 0 Å². The fraction of sp³-hybridized carbons (Fsp3) is 0.111. The number of carbonyl (C=O) groups excluding carboxylic acids is 2. The summed E-state index contributed by atoms with van der Waals surface area (Å²) < 4.78 is 13.9. The van der Waals surface area contributed by atoms with Crippen LogP contribution < -0.4 is 10.2 Å². The number of hydrogen-bond donors (Lipinski definition) is 1. The summed E-state index contributed by atoms with van der Waals surface area (Å²) in [5.41, 5.74) is 1.02. The number of rotatable bonds is 3. The minimum absolute atomic E-state index is 0.0818. The van der Waals surface area contributed by atoms with E-state index in [-0.39, 0.29) is 18.4 Å². The summed E-state index contributed by atoms with van der Waals surface area (Å²) in [4.78, 5) is 27.2. The third-order valence-corrected chi connectivity index (χ3v) is 4.68. The molecule has 3 rings (SSSR count). The summed E-state index contributed by atoms with van der Waals surface area (Å²) in [6.45, 7) is -0.0818. The zero-order valence-electron chi connectivity index (χ0n) is 13.0. The van der Waals surface area contributed by atoms with Crippen molar-refractivity contribution in [3.05, 3.63) is 64.8 Å². The van der Waals surface area contributed by atoms with Crippen LogP contribution in [-0.4, -0.2) is 25.4 Å². The van der Waals surface area contributed by atoms with Crippen LogP contribution in [0.3, 0.4) is 0 Å². The maximum Gasteiger partial charge on any atom is 0.265 e. The number of fused-ring (bicyclic) bond motifs is 1. The number of benzene rings is 2. The van der Waals surface area contributed by atoms with E-state index in [0.29, 0.717) is 16.2 Å². The fourth-order valence-corrected chi connectivity index (χ4v) is 3.42. The van der Waals surface area contributed by atoms with Crippen molar-refractivity contribution in [3.63, 3.8) is 0 Å². The highest BCUT2D eigenvalue weighted by Gasteiger charge is 2.30. The van der Waals surface area contributed by atoms with Crippen LogP contribution in [0, 0.1) is 5.82 Å². The van der Waals surface area contributed by atoms with E-state index in [2.05, 4.69) is 5.32 Å². The molecule has 0 saturated carbocycles. The maximum absolute atomic E-state index is 13.9. The topological polar surface area (TPSA) is 49.4 Å². The van der Waals surface area contributed by atoms with E-state index in [1.54, 1.807) is 24.3 Å². The monoisotopic (exact) mass is 342 g/mol. The van der Waals surface area contributed by atoms with E-state index < -0.39 is 5.82 Å². The zero-order chi connectivity index (χ0) is 17.1. The smallest absolute Gasteiger partial charge is 0.265 e. The van der Waals surface area contributed by atoms with Crippen molar-refractivity contribution in [1.29, 1.82) is 0 Å². The van der Waals surface area contributed by atoms with Crippen LogP contribution in [-0.2, 0) is 9.59 Å². The Morgan fingerprint density at radius 3 is 2.67 bits per heavy atom. The summed E-state index contributed by atoms with van der Waals surface area (Å²) in [6, 6.07) is 13.6. The van der Waals surface area contributed by atoms with E-state index in [1.807, 2.05) is 18.2 Å². The molecule has 0 atom stereocenters. The molecule has 2 aromatic carbocycles. The highest BCUT2D eigenvalue weighted by Crippen LogP contribution is 2.41. The van der Waals surface area contributed by atoms with Gasteiger partial charge in [0, 0.05) is 17.5 Å². The molecule has 0 fully saturated rings. The molecule has 4 nitrogen and oxygen atoms in total. The molecule has 0 aromatic heterocycles. The molecule has 0 saturated heterocycles. The Kier molecular flexibility index (Phi) is 4.66. The van der Waals surface area contributed by atoms with Gasteiger partial charge in [0.25, 0.3) is 5.91 Å². The van der Waals surface area contributed by atoms with E-state index in [9.17, 15) is 14.0 Å². The van der Waals surface area contributed by atoms with Crippen molar-refractivity contribution >= 4 is 35.3 Å². The van der Waals surface area contributed by atoms with Gasteiger partial charge < -0.3 is 5.32 Å². The van der Waals surface area contributed by atoms with Crippen molar-refractivity contribution in [2.24, 2.45) is 0 Å². The summed E-state index contributed by atoms with van der Waals surface area (Å²) in [5, 5.41) is 2.52. The van der Waals surface area contributed by atoms with Gasteiger partial charge in [-0.05, 0) is 24.3 Å². The number of halogens is 1. The van der Waals surface area contributed by atoms with Crippen LogP contribution in [0.15, 0.2) is 58.3 Å². The van der Waals surface area contributed by atoms with Gasteiger partial charge in [0.1, 0.15) is 12.4 Å². The molecular formula is C18H15FN2O2S. The van der Waals surface area contributed by atoms with Gasteiger partial charge in [-0.15, -0.1) is 0 Å². The predicted molar refractivity (Wildman–Crippen MR) is 93.1 cm³/mol. The average molecular weight is 342 g/mol. The van der Waals surface area contributed by atoms with Gasteiger partial charge in [-0.1, -0.05) is 42.1 Å². The lowest BCUT2D eigenvalue weighted by molar-refractivity contribution is -0.122. The van der Waals surface area contributed by atoms with Crippen molar-refractivity contribution < 1.29 is 14.0 Å². The lowest BCUT2D eigenvalue weighted by Gasteiger charge is -2.29. The second kappa shape index (κ2) is 6.88. The Hall–Kier alpha value is -2.60. The van der Waals surface area contributed by atoms with Crippen LogP contribution in [0.5, 0.6) is 0 Å². The molecular weight excluding hydrogens is 327 g/mol. The Morgan fingerprint density at radius 1 is 1.21 bits per heavy atom. The van der Waals surface area contributed by atoms with Crippen LogP contribution in [0.25, 0.3) is 6.08 Å². The highest BCUT2D eigenvalue weighted by molar-refractivity contribution is 8.04. The molecule has 1 aliphatic rings. The van der Waals surface area contributed by atoms with Crippen LogP contribution in [0.2, 0.25) is 0 Å². The third kappa shape index (κ3) is 3.19. The van der Waals surface area contributed by atoms with Gasteiger partial charge in [0.05, 0.1) is 10.6 Å². The van der Waals surface area contributed by atoms with E-state index in [1.165, 1.54) is 35.9 Å². The first-order valence-corrected chi connectivity index (χ1v) is 8.17. The molecule has 2 aromatic rings. The Bertz CT molecular complexity index is 835. The quantitative estimate of drug-likeness (QED) is 0.872. The van der Waals surface area contributed by atoms with Crippen LogP contribution in [0.4, 0.5) is 10.1 Å². The molecule has 0 spiro atoms. The number of hydrogen-bond acceptors (Lipinski definition) is 3. The second-order valence-electron chi connectivity index (χ2n) is 5.16. The third-order valence-electron chi connectivity index (χ3n) is 3.60. The molecule has 0 bridgehead atoms. The van der Waals surface area contributed by atoms with Gasteiger partial charge in [-0.25, -0.2) is 4.39 Å². The normalized spacial score (nSPS) is 15.3. The molecule has 0 aliphatic carbocycles. The number of thioether (sulfide) groups is 1. The Labute approximate surface area is 143 Å². The van der Waals surface area contributed by atoms with Crippen molar-refractivity contribution in [2.45, 2.75) is 4.90 Å². The average Bonchev–Trinajstić information content (AvgIpc) is 2.60. The Balaban J connectivity index is 2.03. The Morgan fingerprint density at radius 2 is 1.92 bits per heavy atom. The minimum Gasteiger partial charge on any atom is -0.358 e. The molecule has 1 heterocycles. The lowest BCUT2D eigenvalue weighted by atomic mass is 10.2. The first-order chi connectivity index (χ1) is 11.6. The number of nitrogens with zero attached hydrogens (tertiary/aromatic N) is 1. The highest BCUT2D eigenvalue weighted by atomic mass is 32.2. The number of likely N-dealkylation sites (N-methyl/N-ethyl adjacent to an activating group) is 1. The molecule has 0 unspecified atom stereocenters. The molecule has 122 valence electrons. The number of amides is 2. The molecule has 6 heteroatoms. The largest absolute Gasteiger partial charge is 0.358 e. The van der Waals surface area contributed by atoms with Crippen LogP contribution >= 0.6 is 11.8 Å². The van der Waals surface area contributed by atoms with Gasteiger partial charge in [0.2, 0.25) is 5.91 Å². The SMILES string of the molecule is CNC(=O)CN1C(=O)C(=Cc2ccccc2F)Sc2ccccc21. The first-order valence-electron chi connectivity index (χ1n) is 7.35. The summed E-state index contributed by atoms with van der Waals surface area (Å²) in [6.07, 6.45) is 1.52. The predicted octanol–water partition coefficient (Wildman–Crippen LogP) is 3.05. The van der Waals surface area contributed by atoms with Crippen LogP contribution in [0.1, 0.15) is 5.56 Å². The van der Waals surface area contributed by atoms with Gasteiger partial charge in [-0.3, -0.25) is 14.5 Å². The zero-order valence-corrected chi connectivity index (χ0v) is 13.8. The first kappa shape index (κ1) is 16.3. The lowest BCUT2D eigenvalue weighted by Crippen LogP contribution is -2.41. The minimum atomic E-state index is -0.393. The van der Waals surface area contributed by atoms with Crippen molar-refractivity contribution in [1.82, 2.24) is 5.32 Å². The molecule has 1 aliphatic heterocycles. The second-order valence-corrected chi connectivity index (χ2v) is 6.25. The maximum atomic E-state index is 13.9. The standard InChI is InChI=1S/C18H15FN2O2S/c1-20-17(22)11-21-14-8-4-5-9-15(14)24-16(18(21)23)10-12-6-2-3-7-13(12)19/h2-10H,11H2,1H3,(H,20,22). The van der Waals surface area contributed by atoms with E-state index in [0.717, 1.165) is 4.90 Å². The van der Waals surface area contributed by atoms with Gasteiger partial charge in [0.15, 0.2) is 0 Å². The van der Waals surface area contributed by atoms with Crippen molar-refractivity contribution in [2.75, 3.05) is 18.5 Å².